The second-order valence-electron chi connectivity index (χ2n) is 4.92. The van der Waals surface area contributed by atoms with E-state index in [1.165, 1.54) is 0 Å². The number of nitrogens with zero attached hydrogens (tertiary/aromatic N) is 3. The van der Waals surface area contributed by atoms with Crippen LogP contribution in [0.2, 0.25) is 10.0 Å². The minimum Gasteiger partial charge on any atom is -0.322 e. The topological polar surface area (TPSA) is 30.7 Å². The minimum atomic E-state index is 0.537. The van der Waals surface area contributed by atoms with Gasteiger partial charge >= 0.3 is 0 Å². The average Bonchev–Trinajstić information content (AvgIpc) is 2.70. The van der Waals surface area contributed by atoms with Gasteiger partial charge in [-0.15, -0.1) is 0 Å². The molecule has 3 rings (SSSR count). The zero-order valence-corrected chi connectivity index (χ0v) is 14.6. The zero-order chi connectivity index (χ0) is 15.1. The van der Waals surface area contributed by atoms with Crippen molar-refractivity contribution >= 4 is 50.2 Å². The maximum absolute atomic E-state index is 6.22. The molecular weight excluding hydrogens is 373 g/mol. The standard InChI is InChI=1S/C15H12BrCl2N3/c1-8-3-10(16)4-14-15(8)20-9(2)21(14)7-13-12(18)5-11(17)6-19-13/h3-6H,7H2,1-2H3. The highest BCUT2D eigenvalue weighted by Crippen LogP contribution is 2.26. The van der Waals surface area contributed by atoms with Gasteiger partial charge in [0.15, 0.2) is 0 Å². The van der Waals surface area contributed by atoms with Gasteiger partial charge in [0.05, 0.1) is 33.3 Å². The van der Waals surface area contributed by atoms with Crippen molar-refractivity contribution in [1.82, 2.24) is 14.5 Å². The van der Waals surface area contributed by atoms with Crippen molar-refractivity contribution in [3.63, 3.8) is 0 Å². The van der Waals surface area contributed by atoms with Gasteiger partial charge in [0.1, 0.15) is 5.82 Å². The highest BCUT2D eigenvalue weighted by atomic mass is 79.9. The molecule has 0 atom stereocenters. The van der Waals surface area contributed by atoms with Gasteiger partial charge in [-0.05, 0) is 37.6 Å². The lowest BCUT2D eigenvalue weighted by Crippen LogP contribution is -2.04. The molecular formula is C15H12BrCl2N3. The first-order chi connectivity index (χ1) is 9.95. The second kappa shape index (κ2) is 5.59. The first kappa shape index (κ1) is 14.8. The Labute approximate surface area is 141 Å². The number of aromatic nitrogens is 3. The van der Waals surface area contributed by atoms with E-state index >= 15 is 0 Å². The summed E-state index contributed by atoms with van der Waals surface area (Å²) in [7, 11) is 0. The van der Waals surface area contributed by atoms with Crippen LogP contribution in [0.4, 0.5) is 0 Å². The van der Waals surface area contributed by atoms with Gasteiger partial charge < -0.3 is 4.57 Å². The molecule has 0 saturated carbocycles. The lowest BCUT2D eigenvalue weighted by atomic mass is 10.2. The lowest BCUT2D eigenvalue weighted by Gasteiger charge is -2.09. The van der Waals surface area contributed by atoms with Gasteiger partial charge in [-0.2, -0.15) is 0 Å². The molecule has 0 radical (unpaired) electrons. The Morgan fingerprint density at radius 3 is 2.67 bits per heavy atom. The Kier molecular flexibility index (Phi) is 3.95. The fraction of sp³-hybridized carbons (Fsp3) is 0.200. The van der Waals surface area contributed by atoms with E-state index in [2.05, 4.69) is 49.5 Å². The molecule has 0 aliphatic heterocycles. The molecule has 0 aliphatic carbocycles. The van der Waals surface area contributed by atoms with Crippen LogP contribution in [0.3, 0.4) is 0 Å². The summed E-state index contributed by atoms with van der Waals surface area (Å²) in [5, 5.41) is 1.10. The summed E-state index contributed by atoms with van der Waals surface area (Å²) in [6, 6.07) is 5.83. The molecule has 0 bridgehead atoms. The Morgan fingerprint density at radius 1 is 1.19 bits per heavy atom. The van der Waals surface area contributed by atoms with Crippen LogP contribution in [0.25, 0.3) is 11.0 Å². The molecule has 0 fully saturated rings. The molecule has 6 heteroatoms. The molecule has 1 aromatic carbocycles. The van der Waals surface area contributed by atoms with E-state index in [9.17, 15) is 0 Å². The van der Waals surface area contributed by atoms with Crippen LogP contribution >= 0.6 is 39.1 Å². The number of pyridine rings is 1. The minimum absolute atomic E-state index is 0.537. The highest BCUT2D eigenvalue weighted by Gasteiger charge is 2.13. The SMILES string of the molecule is Cc1cc(Br)cc2c1nc(C)n2Cc1ncc(Cl)cc1Cl. The predicted octanol–water partition coefficient (Wildman–Crippen LogP) is 5.17. The largest absolute Gasteiger partial charge is 0.322 e. The summed E-state index contributed by atoms with van der Waals surface area (Å²) in [5.41, 5.74) is 3.98. The van der Waals surface area contributed by atoms with Crippen molar-refractivity contribution in [3.8, 4) is 0 Å². The van der Waals surface area contributed by atoms with E-state index in [-0.39, 0.29) is 0 Å². The molecule has 0 spiro atoms. The number of rotatable bonds is 2. The van der Waals surface area contributed by atoms with Gasteiger partial charge in [-0.25, -0.2) is 4.98 Å². The monoisotopic (exact) mass is 383 g/mol. The maximum atomic E-state index is 6.22. The third-order valence-corrected chi connectivity index (χ3v) is 4.38. The summed E-state index contributed by atoms with van der Waals surface area (Å²) < 4.78 is 3.14. The molecule has 21 heavy (non-hydrogen) atoms. The third kappa shape index (κ3) is 2.80. The number of aryl methyl sites for hydroxylation is 2. The van der Waals surface area contributed by atoms with Crippen molar-refractivity contribution in [2.45, 2.75) is 20.4 Å². The van der Waals surface area contributed by atoms with E-state index < -0.39 is 0 Å². The molecule has 0 N–H and O–H groups in total. The van der Waals surface area contributed by atoms with Gasteiger partial charge in [0, 0.05) is 10.7 Å². The quantitative estimate of drug-likeness (QED) is 0.610. The van der Waals surface area contributed by atoms with Crippen LogP contribution in [0.5, 0.6) is 0 Å². The van der Waals surface area contributed by atoms with Gasteiger partial charge in [0.2, 0.25) is 0 Å². The fourth-order valence-corrected chi connectivity index (χ4v) is 3.37. The molecule has 3 nitrogen and oxygen atoms in total. The summed E-state index contributed by atoms with van der Waals surface area (Å²) >= 11 is 15.7. The molecule has 2 aromatic heterocycles. The number of imidazole rings is 1. The number of hydrogen-bond donors (Lipinski definition) is 0. The van der Waals surface area contributed by atoms with Crippen molar-refractivity contribution in [3.05, 3.63) is 56.0 Å². The number of fused-ring (bicyclic) bond motifs is 1. The van der Waals surface area contributed by atoms with E-state index in [1.807, 2.05) is 6.92 Å². The molecule has 0 aliphatic rings. The van der Waals surface area contributed by atoms with Crippen LogP contribution in [-0.4, -0.2) is 14.5 Å². The third-order valence-electron chi connectivity index (χ3n) is 3.39. The molecule has 108 valence electrons. The first-order valence-electron chi connectivity index (χ1n) is 6.38. The summed E-state index contributed by atoms with van der Waals surface area (Å²) in [6.45, 7) is 4.60. The molecule has 0 saturated heterocycles. The van der Waals surface area contributed by atoms with Crippen molar-refractivity contribution in [2.75, 3.05) is 0 Å². The van der Waals surface area contributed by atoms with Crippen LogP contribution in [0.1, 0.15) is 17.1 Å². The van der Waals surface area contributed by atoms with Gasteiger partial charge in [-0.1, -0.05) is 39.1 Å². The lowest BCUT2D eigenvalue weighted by molar-refractivity contribution is 0.764. The molecule has 0 amide bonds. The van der Waals surface area contributed by atoms with Crippen molar-refractivity contribution in [2.24, 2.45) is 0 Å². The smallest absolute Gasteiger partial charge is 0.107 e. The Morgan fingerprint density at radius 2 is 1.95 bits per heavy atom. The van der Waals surface area contributed by atoms with Crippen LogP contribution in [0.15, 0.2) is 28.9 Å². The predicted molar refractivity (Wildman–Crippen MR) is 90.3 cm³/mol. The Bertz CT molecular complexity index is 843. The maximum Gasteiger partial charge on any atom is 0.107 e. The summed E-state index contributed by atoms with van der Waals surface area (Å²) in [6.07, 6.45) is 1.61. The molecule has 3 aromatic rings. The van der Waals surface area contributed by atoms with E-state index in [0.717, 1.165) is 32.6 Å². The Hall–Kier alpha value is -1.10. The van der Waals surface area contributed by atoms with E-state index in [0.29, 0.717) is 16.6 Å². The normalized spacial score (nSPS) is 11.3. The van der Waals surface area contributed by atoms with Gasteiger partial charge in [-0.3, -0.25) is 4.98 Å². The number of benzene rings is 1. The second-order valence-corrected chi connectivity index (χ2v) is 6.68. The average molecular weight is 385 g/mol. The molecule has 0 unspecified atom stereocenters. The number of halogens is 3. The van der Waals surface area contributed by atoms with Crippen molar-refractivity contribution < 1.29 is 0 Å². The van der Waals surface area contributed by atoms with E-state index in [4.69, 9.17) is 23.2 Å². The first-order valence-corrected chi connectivity index (χ1v) is 7.93. The van der Waals surface area contributed by atoms with Crippen LogP contribution in [0, 0.1) is 13.8 Å². The number of hydrogen-bond acceptors (Lipinski definition) is 2. The van der Waals surface area contributed by atoms with Crippen LogP contribution < -0.4 is 0 Å². The fourth-order valence-electron chi connectivity index (χ4n) is 2.37. The summed E-state index contributed by atoms with van der Waals surface area (Å²) in [4.78, 5) is 8.96. The molecule has 2 heterocycles. The highest BCUT2D eigenvalue weighted by molar-refractivity contribution is 9.10. The summed E-state index contributed by atoms with van der Waals surface area (Å²) in [5.74, 6) is 0.930. The van der Waals surface area contributed by atoms with Crippen molar-refractivity contribution in [1.29, 1.82) is 0 Å². The Balaban J connectivity index is 2.14. The van der Waals surface area contributed by atoms with E-state index in [1.54, 1.807) is 12.3 Å². The van der Waals surface area contributed by atoms with Gasteiger partial charge in [0.25, 0.3) is 0 Å². The van der Waals surface area contributed by atoms with Crippen LogP contribution in [-0.2, 0) is 6.54 Å². The zero-order valence-electron chi connectivity index (χ0n) is 11.5.